The van der Waals surface area contributed by atoms with Gasteiger partial charge in [0.05, 0.1) is 5.69 Å². The summed E-state index contributed by atoms with van der Waals surface area (Å²) in [7, 11) is 0. The molecule has 0 aliphatic carbocycles. The average molecular weight is 381 g/mol. The number of para-hydroxylation sites is 1. The minimum Gasteiger partial charge on any atom is -0.451 e. The molecule has 142 valence electrons. The Bertz CT molecular complexity index is 1340. The minimum atomic E-state index is -0.271. The molecular weight excluding hydrogens is 362 g/mol. The van der Waals surface area contributed by atoms with Crippen molar-refractivity contribution in [2.75, 3.05) is 5.32 Å². The lowest BCUT2D eigenvalue weighted by Crippen LogP contribution is -2.11. The molecule has 0 aliphatic rings. The van der Waals surface area contributed by atoms with E-state index in [0.29, 0.717) is 11.3 Å². The van der Waals surface area contributed by atoms with Crippen LogP contribution in [-0.2, 0) is 0 Å². The van der Waals surface area contributed by atoms with Crippen LogP contribution in [0.1, 0.15) is 21.7 Å². The van der Waals surface area contributed by atoms with E-state index in [0.717, 1.165) is 39.1 Å². The van der Waals surface area contributed by atoms with Crippen LogP contribution in [0.2, 0.25) is 0 Å². The van der Waals surface area contributed by atoms with Gasteiger partial charge in [0.2, 0.25) is 0 Å². The molecule has 5 heteroatoms. The van der Waals surface area contributed by atoms with Crippen molar-refractivity contribution in [2.45, 2.75) is 13.8 Å². The Hall–Kier alpha value is -3.86. The van der Waals surface area contributed by atoms with Crippen molar-refractivity contribution >= 4 is 28.2 Å². The second kappa shape index (κ2) is 6.63. The number of benzene rings is 2. The van der Waals surface area contributed by atoms with E-state index >= 15 is 0 Å². The van der Waals surface area contributed by atoms with Crippen molar-refractivity contribution in [1.29, 1.82) is 0 Å². The monoisotopic (exact) mass is 381 g/mol. The SMILES string of the molecule is Cc1ccc(-c2cn3cccc(C)c3n2)cc1NC(=O)c1cc2ccccc2o1. The number of carbonyl (C=O) groups is 1. The standard InChI is InChI=1S/C24H19N3O2/c1-15-9-10-17(20-14-27-11-5-6-16(2)23(27)25-20)12-19(15)26-24(28)22-13-18-7-3-4-8-21(18)29-22/h3-14H,1-2H3,(H,26,28). The van der Waals surface area contributed by atoms with Crippen molar-refractivity contribution in [3.8, 4) is 11.3 Å². The molecule has 5 aromatic rings. The van der Waals surface area contributed by atoms with Gasteiger partial charge < -0.3 is 14.1 Å². The predicted octanol–water partition coefficient (Wildman–Crippen LogP) is 5.62. The second-order valence-corrected chi connectivity index (χ2v) is 7.18. The van der Waals surface area contributed by atoms with Gasteiger partial charge in [-0.05, 0) is 49.2 Å². The van der Waals surface area contributed by atoms with Gasteiger partial charge in [0.1, 0.15) is 11.2 Å². The molecule has 0 atom stereocenters. The van der Waals surface area contributed by atoms with Crippen molar-refractivity contribution in [1.82, 2.24) is 9.38 Å². The van der Waals surface area contributed by atoms with Crippen molar-refractivity contribution in [3.63, 3.8) is 0 Å². The number of furan rings is 1. The first-order valence-corrected chi connectivity index (χ1v) is 9.44. The molecule has 0 bridgehead atoms. The number of pyridine rings is 1. The topological polar surface area (TPSA) is 59.5 Å². The molecule has 5 nitrogen and oxygen atoms in total. The van der Waals surface area contributed by atoms with Crippen LogP contribution < -0.4 is 5.32 Å². The molecule has 5 rings (SSSR count). The Kier molecular flexibility index (Phi) is 3.95. The molecular formula is C24H19N3O2. The maximum atomic E-state index is 12.7. The average Bonchev–Trinajstić information content (AvgIpc) is 3.34. The van der Waals surface area contributed by atoms with Gasteiger partial charge in [-0.2, -0.15) is 0 Å². The van der Waals surface area contributed by atoms with Crippen LogP contribution in [0.25, 0.3) is 27.9 Å². The van der Waals surface area contributed by atoms with E-state index < -0.39 is 0 Å². The van der Waals surface area contributed by atoms with Crippen LogP contribution in [-0.4, -0.2) is 15.3 Å². The molecule has 0 saturated carbocycles. The predicted molar refractivity (Wildman–Crippen MR) is 114 cm³/mol. The molecule has 2 aromatic carbocycles. The second-order valence-electron chi connectivity index (χ2n) is 7.18. The lowest BCUT2D eigenvalue weighted by molar-refractivity contribution is 0.0998. The normalized spacial score (nSPS) is 11.2. The number of nitrogens with zero attached hydrogens (tertiary/aromatic N) is 2. The Labute approximate surface area is 167 Å². The van der Waals surface area contributed by atoms with Crippen molar-refractivity contribution in [2.24, 2.45) is 0 Å². The molecule has 0 aliphatic heterocycles. The summed E-state index contributed by atoms with van der Waals surface area (Å²) in [6.45, 7) is 4.01. The Morgan fingerprint density at radius 3 is 2.69 bits per heavy atom. The molecule has 0 spiro atoms. The minimum absolute atomic E-state index is 0.271. The van der Waals surface area contributed by atoms with E-state index in [2.05, 4.69) is 5.32 Å². The molecule has 29 heavy (non-hydrogen) atoms. The molecule has 0 fully saturated rings. The Balaban J connectivity index is 1.48. The maximum Gasteiger partial charge on any atom is 0.291 e. The largest absolute Gasteiger partial charge is 0.451 e. The third-order valence-corrected chi connectivity index (χ3v) is 5.11. The van der Waals surface area contributed by atoms with Crippen molar-refractivity contribution in [3.05, 3.63) is 89.9 Å². The summed E-state index contributed by atoms with van der Waals surface area (Å²) >= 11 is 0. The van der Waals surface area contributed by atoms with Crippen LogP contribution >= 0.6 is 0 Å². The summed E-state index contributed by atoms with van der Waals surface area (Å²) in [5, 5.41) is 3.88. The summed E-state index contributed by atoms with van der Waals surface area (Å²) in [5.74, 6) is 0.0200. The number of amides is 1. The molecule has 3 heterocycles. The van der Waals surface area contributed by atoms with Crippen LogP contribution in [0.15, 0.2) is 77.5 Å². The number of aromatic nitrogens is 2. The number of aryl methyl sites for hydroxylation is 2. The third kappa shape index (κ3) is 3.06. The maximum absolute atomic E-state index is 12.7. The first kappa shape index (κ1) is 17.3. The van der Waals surface area contributed by atoms with E-state index in [1.165, 1.54) is 0 Å². The summed E-state index contributed by atoms with van der Waals surface area (Å²) in [4.78, 5) is 17.5. The summed E-state index contributed by atoms with van der Waals surface area (Å²) in [5.41, 5.74) is 6.25. The zero-order valence-electron chi connectivity index (χ0n) is 16.1. The highest BCUT2D eigenvalue weighted by Crippen LogP contribution is 2.27. The fraction of sp³-hybridized carbons (Fsp3) is 0.0833. The zero-order chi connectivity index (χ0) is 20.0. The smallest absolute Gasteiger partial charge is 0.291 e. The molecule has 1 N–H and O–H groups in total. The Morgan fingerprint density at radius 1 is 1.00 bits per heavy atom. The molecule has 1 amide bonds. The van der Waals surface area contributed by atoms with Gasteiger partial charge in [0.15, 0.2) is 5.76 Å². The fourth-order valence-electron chi connectivity index (χ4n) is 3.49. The van der Waals surface area contributed by atoms with Gasteiger partial charge in [-0.25, -0.2) is 4.98 Å². The number of hydrogen-bond donors (Lipinski definition) is 1. The van der Waals surface area contributed by atoms with E-state index in [-0.39, 0.29) is 5.91 Å². The third-order valence-electron chi connectivity index (χ3n) is 5.11. The quantitative estimate of drug-likeness (QED) is 0.441. The number of imidazole rings is 1. The lowest BCUT2D eigenvalue weighted by Gasteiger charge is -2.09. The molecule has 3 aromatic heterocycles. The van der Waals surface area contributed by atoms with Crippen LogP contribution in [0.4, 0.5) is 5.69 Å². The van der Waals surface area contributed by atoms with Gasteiger partial charge in [-0.3, -0.25) is 4.79 Å². The highest BCUT2D eigenvalue weighted by molar-refractivity contribution is 6.05. The van der Waals surface area contributed by atoms with Gasteiger partial charge in [0, 0.05) is 29.0 Å². The number of anilines is 1. The van der Waals surface area contributed by atoms with Crippen LogP contribution in [0.3, 0.4) is 0 Å². The van der Waals surface area contributed by atoms with E-state index in [1.807, 2.05) is 85.2 Å². The van der Waals surface area contributed by atoms with Crippen molar-refractivity contribution < 1.29 is 9.21 Å². The van der Waals surface area contributed by atoms with Gasteiger partial charge in [-0.1, -0.05) is 36.4 Å². The zero-order valence-corrected chi connectivity index (χ0v) is 16.1. The van der Waals surface area contributed by atoms with Crippen LogP contribution in [0, 0.1) is 13.8 Å². The number of fused-ring (bicyclic) bond motifs is 2. The summed E-state index contributed by atoms with van der Waals surface area (Å²) in [6.07, 6.45) is 3.98. The first-order valence-electron chi connectivity index (χ1n) is 9.44. The van der Waals surface area contributed by atoms with E-state index in [9.17, 15) is 4.79 Å². The van der Waals surface area contributed by atoms with E-state index in [4.69, 9.17) is 9.40 Å². The van der Waals surface area contributed by atoms with Gasteiger partial charge in [0.25, 0.3) is 5.91 Å². The first-order chi connectivity index (χ1) is 14.1. The Morgan fingerprint density at radius 2 is 1.86 bits per heavy atom. The highest BCUT2D eigenvalue weighted by atomic mass is 16.3. The van der Waals surface area contributed by atoms with Gasteiger partial charge in [-0.15, -0.1) is 0 Å². The van der Waals surface area contributed by atoms with Gasteiger partial charge >= 0.3 is 0 Å². The lowest BCUT2D eigenvalue weighted by atomic mass is 10.1. The molecule has 0 radical (unpaired) electrons. The highest BCUT2D eigenvalue weighted by Gasteiger charge is 2.14. The molecule has 0 saturated heterocycles. The summed E-state index contributed by atoms with van der Waals surface area (Å²) < 4.78 is 7.69. The molecule has 0 unspecified atom stereocenters. The summed E-state index contributed by atoms with van der Waals surface area (Å²) in [6, 6.07) is 19.3. The number of carbonyl (C=O) groups excluding carboxylic acids is 1. The van der Waals surface area contributed by atoms with E-state index in [1.54, 1.807) is 6.07 Å². The fourth-order valence-corrected chi connectivity index (χ4v) is 3.49. The number of rotatable bonds is 3. The number of nitrogens with one attached hydrogen (secondary N) is 1. The number of hydrogen-bond acceptors (Lipinski definition) is 3. The van der Waals surface area contributed by atoms with Crippen LogP contribution in [0.5, 0.6) is 0 Å².